The molecule has 0 aromatic heterocycles. The van der Waals surface area contributed by atoms with E-state index in [4.69, 9.17) is 38.3 Å². The van der Waals surface area contributed by atoms with Gasteiger partial charge in [-0.3, -0.25) is 4.79 Å². The zero-order valence-electron chi connectivity index (χ0n) is 17.9. The molecule has 0 unspecified atom stereocenters. The zero-order valence-corrected chi connectivity index (χ0v) is 17.9. The Morgan fingerprint density at radius 3 is 1.41 bits per heavy atom. The topological polar surface area (TPSA) is 102 Å². The normalized spacial score (nSPS) is 11.1. The van der Waals surface area contributed by atoms with Crippen LogP contribution in [-0.2, 0) is 38.0 Å². The molecule has 0 saturated heterocycles. The summed E-state index contributed by atoms with van der Waals surface area (Å²) < 4.78 is 36.9. The van der Waals surface area contributed by atoms with Gasteiger partial charge in [0.25, 0.3) is 0 Å². The van der Waals surface area contributed by atoms with Crippen LogP contribution in [0.3, 0.4) is 0 Å². The van der Waals surface area contributed by atoms with Crippen molar-refractivity contribution >= 4 is 5.97 Å². The summed E-state index contributed by atoms with van der Waals surface area (Å²) in [7, 11) is 0. The van der Waals surface area contributed by atoms with E-state index >= 15 is 0 Å². The van der Waals surface area contributed by atoms with Crippen molar-refractivity contribution in [2.24, 2.45) is 0 Å². The first-order valence-corrected chi connectivity index (χ1v) is 10.5. The average Bonchev–Trinajstić information content (AvgIpc) is 2.72. The lowest BCUT2D eigenvalue weighted by molar-refractivity contribution is -0.143. The molecule has 0 aliphatic heterocycles. The minimum Gasteiger partial charge on any atom is -0.466 e. The van der Waals surface area contributed by atoms with E-state index in [1.54, 1.807) is 0 Å². The molecule has 1 N–H and O–H groups in total. The molecule has 9 nitrogen and oxygen atoms in total. The summed E-state index contributed by atoms with van der Waals surface area (Å²) >= 11 is 0. The third-order valence-corrected chi connectivity index (χ3v) is 3.57. The highest BCUT2D eigenvalue weighted by Crippen LogP contribution is 2.01. The van der Waals surface area contributed by atoms with E-state index in [2.05, 4.69) is 0 Å². The van der Waals surface area contributed by atoms with Gasteiger partial charge < -0.3 is 38.3 Å². The smallest absolute Gasteiger partial charge is 0.305 e. The van der Waals surface area contributed by atoms with E-state index in [0.717, 1.165) is 19.3 Å². The highest BCUT2D eigenvalue weighted by molar-refractivity contribution is 5.69. The Morgan fingerprint density at radius 2 is 1.00 bits per heavy atom. The minimum absolute atomic E-state index is 0.0306. The van der Waals surface area contributed by atoms with Gasteiger partial charge in [0.2, 0.25) is 0 Å². The van der Waals surface area contributed by atoms with E-state index in [1.165, 1.54) is 0 Å². The van der Waals surface area contributed by atoms with Gasteiger partial charge in [-0.1, -0.05) is 6.42 Å². The Balaban J connectivity index is 3.02. The van der Waals surface area contributed by atoms with Gasteiger partial charge in [-0.15, -0.1) is 0 Å². The van der Waals surface area contributed by atoms with Crippen molar-refractivity contribution in [3.05, 3.63) is 0 Å². The maximum absolute atomic E-state index is 11.2. The van der Waals surface area contributed by atoms with Crippen molar-refractivity contribution in [2.75, 3.05) is 92.5 Å². The van der Waals surface area contributed by atoms with Gasteiger partial charge in [-0.25, -0.2) is 0 Å². The van der Waals surface area contributed by atoms with Crippen LogP contribution >= 0.6 is 0 Å². The summed E-state index contributed by atoms with van der Waals surface area (Å²) in [6.07, 6.45) is 3.22. The lowest BCUT2D eigenvalue weighted by atomic mass is 10.2. The minimum atomic E-state index is -0.124. The molecular weight excluding hydrogens is 384 g/mol. The van der Waals surface area contributed by atoms with Crippen LogP contribution in [0.15, 0.2) is 0 Å². The fraction of sp³-hybridized carbons (Fsp3) is 0.950. The van der Waals surface area contributed by atoms with E-state index in [0.29, 0.717) is 92.3 Å². The Bertz CT molecular complexity index is 329. The Morgan fingerprint density at radius 1 is 0.586 bits per heavy atom. The van der Waals surface area contributed by atoms with Crippen molar-refractivity contribution in [3.8, 4) is 0 Å². The van der Waals surface area contributed by atoms with Crippen molar-refractivity contribution in [2.45, 2.75) is 32.6 Å². The van der Waals surface area contributed by atoms with Crippen molar-refractivity contribution in [1.82, 2.24) is 0 Å². The molecule has 0 radical (unpaired) electrons. The second-order valence-electron chi connectivity index (χ2n) is 6.01. The second kappa shape index (κ2) is 25.2. The number of aliphatic hydroxyl groups is 1. The van der Waals surface area contributed by atoms with Gasteiger partial charge in [0, 0.05) is 13.0 Å². The molecule has 0 atom stereocenters. The number of carbonyl (C=O) groups excluding carboxylic acids is 1. The number of ether oxygens (including phenoxy) is 7. The largest absolute Gasteiger partial charge is 0.466 e. The molecular formula is C20H40O9. The summed E-state index contributed by atoms with van der Waals surface area (Å²) in [4.78, 5) is 11.2. The summed E-state index contributed by atoms with van der Waals surface area (Å²) in [5, 5.41) is 8.53. The maximum atomic E-state index is 11.2. The molecule has 0 aromatic rings. The molecule has 0 aromatic carbocycles. The van der Waals surface area contributed by atoms with Gasteiger partial charge in [-0.05, 0) is 19.8 Å². The number of esters is 1. The summed E-state index contributed by atoms with van der Waals surface area (Å²) in [5.74, 6) is -0.124. The molecule has 0 aliphatic carbocycles. The van der Waals surface area contributed by atoms with Crippen LogP contribution < -0.4 is 0 Å². The highest BCUT2D eigenvalue weighted by atomic mass is 16.6. The Kier molecular flexibility index (Phi) is 24.5. The predicted molar refractivity (Wildman–Crippen MR) is 107 cm³/mol. The van der Waals surface area contributed by atoms with Gasteiger partial charge >= 0.3 is 5.97 Å². The van der Waals surface area contributed by atoms with Crippen LogP contribution in [0.5, 0.6) is 0 Å². The van der Waals surface area contributed by atoms with Crippen molar-refractivity contribution < 1.29 is 43.1 Å². The molecule has 0 heterocycles. The van der Waals surface area contributed by atoms with E-state index in [1.807, 2.05) is 6.92 Å². The molecule has 0 saturated carbocycles. The Hall–Kier alpha value is -0.810. The third-order valence-electron chi connectivity index (χ3n) is 3.57. The second-order valence-corrected chi connectivity index (χ2v) is 6.01. The van der Waals surface area contributed by atoms with E-state index < -0.39 is 0 Å². The van der Waals surface area contributed by atoms with Crippen LogP contribution in [0.1, 0.15) is 32.6 Å². The standard InChI is InChI=1S/C20H40O9/c1-2-29-20(22)6-4-3-5-8-23-10-12-25-14-16-27-18-19-28-17-15-26-13-11-24-9-7-21/h21H,2-19H2,1H3. The highest BCUT2D eigenvalue weighted by Gasteiger charge is 2.00. The maximum Gasteiger partial charge on any atom is 0.305 e. The quantitative estimate of drug-likeness (QED) is 0.181. The molecule has 29 heavy (non-hydrogen) atoms. The molecule has 0 rings (SSSR count). The number of carbonyl (C=O) groups is 1. The first-order chi connectivity index (χ1) is 14.3. The first-order valence-electron chi connectivity index (χ1n) is 10.5. The third kappa shape index (κ3) is 25.2. The van der Waals surface area contributed by atoms with Crippen LogP contribution in [0.25, 0.3) is 0 Å². The van der Waals surface area contributed by atoms with E-state index in [-0.39, 0.29) is 12.6 Å². The summed E-state index contributed by atoms with van der Waals surface area (Å²) in [6.45, 7) is 8.50. The zero-order chi connectivity index (χ0) is 21.3. The average molecular weight is 425 g/mol. The lowest BCUT2D eigenvalue weighted by Crippen LogP contribution is -2.14. The van der Waals surface area contributed by atoms with Crippen LogP contribution in [0, 0.1) is 0 Å². The molecule has 0 fully saturated rings. The van der Waals surface area contributed by atoms with Crippen molar-refractivity contribution in [3.63, 3.8) is 0 Å². The molecule has 174 valence electrons. The number of hydrogen-bond acceptors (Lipinski definition) is 9. The molecule has 0 spiro atoms. The lowest BCUT2D eigenvalue weighted by Gasteiger charge is -2.08. The molecule has 0 aliphatic rings. The number of rotatable bonds is 24. The first kappa shape index (κ1) is 28.2. The Labute approximate surface area is 174 Å². The summed E-state index contributed by atoms with van der Waals surface area (Å²) in [5.41, 5.74) is 0. The molecule has 0 amide bonds. The van der Waals surface area contributed by atoms with Gasteiger partial charge in [-0.2, -0.15) is 0 Å². The summed E-state index contributed by atoms with van der Waals surface area (Å²) in [6, 6.07) is 0. The fourth-order valence-electron chi connectivity index (χ4n) is 2.15. The molecule has 9 heteroatoms. The van der Waals surface area contributed by atoms with Crippen molar-refractivity contribution in [1.29, 1.82) is 0 Å². The van der Waals surface area contributed by atoms with Gasteiger partial charge in [0.1, 0.15) is 0 Å². The van der Waals surface area contributed by atoms with Crippen LogP contribution in [0.4, 0.5) is 0 Å². The van der Waals surface area contributed by atoms with E-state index in [9.17, 15) is 4.79 Å². The van der Waals surface area contributed by atoms with Gasteiger partial charge in [0.05, 0.1) is 85.9 Å². The number of hydrogen-bond donors (Lipinski definition) is 1. The monoisotopic (exact) mass is 424 g/mol. The number of aliphatic hydroxyl groups excluding tert-OH is 1. The van der Waals surface area contributed by atoms with Crippen LogP contribution in [0.2, 0.25) is 0 Å². The SMILES string of the molecule is CCOC(=O)CCCCCOCCOCCOCCOCCOCCOCCO. The van der Waals surface area contributed by atoms with Gasteiger partial charge in [0.15, 0.2) is 0 Å². The fourth-order valence-corrected chi connectivity index (χ4v) is 2.15. The predicted octanol–water partition coefficient (Wildman–Crippen LogP) is 1.20. The van der Waals surface area contributed by atoms with Crippen LogP contribution in [-0.4, -0.2) is 104 Å². The molecule has 0 bridgehead atoms. The number of unbranched alkanes of at least 4 members (excludes halogenated alkanes) is 2.